The second-order valence-electron chi connectivity index (χ2n) is 6.61. The fraction of sp³-hybridized carbons (Fsp3) is 0.389. The van der Waals surface area contributed by atoms with Gasteiger partial charge in [0.1, 0.15) is 18.0 Å². The molecular weight excluding hydrogens is 348 g/mol. The van der Waals surface area contributed by atoms with Crippen molar-refractivity contribution in [3.63, 3.8) is 0 Å². The van der Waals surface area contributed by atoms with Crippen molar-refractivity contribution in [2.45, 2.75) is 44.7 Å². The Bertz CT molecular complexity index is 820. The molecule has 1 aliphatic carbocycles. The number of amides is 1. The second-order valence-corrected chi connectivity index (χ2v) is 6.61. The van der Waals surface area contributed by atoms with Crippen LogP contribution in [-0.4, -0.2) is 32.9 Å². The predicted octanol–water partition coefficient (Wildman–Crippen LogP) is 2.99. The summed E-state index contributed by atoms with van der Waals surface area (Å²) < 4.78 is 0. The number of non-ortho nitro benzene ring substituents is 1. The van der Waals surface area contributed by atoms with E-state index in [1.807, 2.05) is 0 Å². The molecule has 1 amide bonds. The number of nitrogens with zero attached hydrogens (tertiary/aromatic N) is 3. The van der Waals surface area contributed by atoms with E-state index in [0.29, 0.717) is 17.3 Å². The highest BCUT2D eigenvalue weighted by molar-refractivity contribution is 5.73. The van der Waals surface area contributed by atoms with Crippen molar-refractivity contribution in [2.24, 2.45) is 0 Å². The largest absolute Gasteiger partial charge is 0.367 e. The van der Waals surface area contributed by atoms with Gasteiger partial charge in [-0.05, 0) is 31.7 Å². The quantitative estimate of drug-likeness (QED) is 0.528. The van der Waals surface area contributed by atoms with Crippen LogP contribution in [0.4, 0.5) is 23.0 Å². The molecule has 27 heavy (non-hydrogen) atoms. The highest BCUT2D eigenvalue weighted by atomic mass is 16.6. The minimum absolute atomic E-state index is 0.0130. The Balaban J connectivity index is 1.59. The van der Waals surface area contributed by atoms with Crippen molar-refractivity contribution in [3.05, 3.63) is 46.8 Å². The fourth-order valence-electron chi connectivity index (χ4n) is 3.23. The lowest BCUT2D eigenvalue weighted by Crippen LogP contribution is -2.39. The van der Waals surface area contributed by atoms with Crippen molar-refractivity contribution in [3.8, 4) is 0 Å². The molecule has 1 saturated carbocycles. The van der Waals surface area contributed by atoms with Gasteiger partial charge in [0.05, 0.1) is 4.92 Å². The lowest BCUT2D eigenvalue weighted by Gasteiger charge is -2.29. The number of aromatic nitrogens is 2. The van der Waals surface area contributed by atoms with Crippen LogP contribution in [0, 0.1) is 10.1 Å². The van der Waals surface area contributed by atoms with Crippen LogP contribution < -0.4 is 16.0 Å². The van der Waals surface area contributed by atoms with E-state index < -0.39 is 4.92 Å². The molecule has 1 aromatic heterocycles. The zero-order chi connectivity index (χ0) is 19.2. The lowest BCUT2D eigenvalue weighted by atomic mass is 9.91. The number of nitrogens with one attached hydrogen (secondary N) is 3. The number of hydrogen-bond acceptors (Lipinski definition) is 7. The van der Waals surface area contributed by atoms with E-state index in [4.69, 9.17) is 0 Å². The zero-order valence-corrected chi connectivity index (χ0v) is 15.0. The van der Waals surface area contributed by atoms with Crippen LogP contribution in [0.15, 0.2) is 36.7 Å². The van der Waals surface area contributed by atoms with Gasteiger partial charge in [-0.15, -0.1) is 0 Å². The third-order valence-electron chi connectivity index (χ3n) is 4.48. The van der Waals surface area contributed by atoms with Crippen molar-refractivity contribution < 1.29 is 9.72 Å². The summed E-state index contributed by atoms with van der Waals surface area (Å²) in [5.41, 5.74) is 0.605. The molecule has 1 aliphatic rings. The maximum Gasteiger partial charge on any atom is 0.271 e. The minimum Gasteiger partial charge on any atom is -0.367 e. The van der Waals surface area contributed by atoms with Crippen molar-refractivity contribution in [2.75, 3.05) is 10.6 Å². The molecule has 0 bridgehead atoms. The van der Waals surface area contributed by atoms with Crippen molar-refractivity contribution in [1.82, 2.24) is 15.3 Å². The normalized spacial score (nSPS) is 19.1. The Morgan fingerprint density at radius 1 is 1.11 bits per heavy atom. The molecule has 3 rings (SSSR count). The Hall–Kier alpha value is -3.23. The van der Waals surface area contributed by atoms with E-state index in [9.17, 15) is 14.9 Å². The maximum absolute atomic E-state index is 11.1. The van der Waals surface area contributed by atoms with E-state index >= 15 is 0 Å². The highest BCUT2D eigenvalue weighted by Gasteiger charge is 2.21. The minimum atomic E-state index is -0.435. The van der Waals surface area contributed by atoms with Crippen LogP contribution >= 0.6 is 0 Å². The van der Waals surface area contributed by atoms with Crippen LogP contribution in [0.1, 0.15) is 32.6 Å². The van der Waals surface area contributed by atoms with Gasteiger partial charge in [-0.25, -0.2) is 9.97 Å². The van der Waals surface area contributed by atoms with Crippen molar-refractivity contribution >= 4 is 28.9 Å². The summed E-state index contributed by atoms with van der Waals surface area (Å²) in [4.78, 5) is 30.0. The Morgan fingerprint density at radius 2 is 1.81 bits per heavy atom. The molecule has 1 aromatic carbocycles. The number of nitro groups is 1. The summed E-state index contributed by atoms with van der Waals surface area (Å²) >= 11 is 0. The molecule has 2 aromatic rings. The summed E-state index contributed by atoms with van der Waals surface area (Å²) in [6.07, 6.45) is 5.21. The number of rotatable bonds is 6. The molecule has 142 valence electrons. The summed E-state index contributed by atoms with van der Waals surface area (Å²) in [5, 5.41) is 20.3. The SMILES string of the molecule is CC(=O)N[C@H]1CC[C@H](Nc2cc(Nc3cccc([N+](=O)[O-])c3)ncn2)CC1. The van der Waals surface area contributed by atoms with E-state index in [0.717, 1.165) is 25.7 Å². The molecule has 9 nitrogen and oxygen atoms in total. The summed E-state index contributed by atoms with van der Waals surface area (Å²) in [5.74, 6) is 1.26. The van der Waals surface area contributed by atoms with Gasteiger partial charge >= 0.3 is 0 Å². The summed E-state index contributed by atoms with van der Waals surface area (Å²) in [6, 6.07) is 8.57. The van der Waals surface area contributed by atoms with Gasteiger partial charge in [-0.1, -0.05) is 6.07 Å². The number of carbonyl (C=O) groups is 1. The molecule has 0 unspecified atom stereocenters. The van der Waals surface area contributed by atoms with Crippen LogP contribution in [0.2, 0.25) is 0 Å². The molecule has 0 atom stereocenters. The van der Waals surface area contributed by atoms with Gasteiger partial charge in [0.25, 0.3) is 5.69 Å². The zero-order valence-electron chi connectivity index (χ0n) is 15.0. The topological polar surface area (TPSA) is 122 Å². The van der Waals surface area contributed by atoms with E-state index in [1.165, 1.54) is 18.5 Å². The average molecular weight is 370 g/mol. The molecule has 9 heteroatoms. The first kappa shape index (κ1) is 18.6. The third-order valence-corrected chi connectivity index (χ3v) is 4.48. The van der Waals surface area contributed by atoms with E-state index in [1.54, 1.807) is 25.1 Å². The maximum atomic E-state index is 11.1. The fourth-order valence-corrected chi connectivity index (χ4v) is 3.23. The first-order valence-electron chi connectivity index (χ1n) is 8.87. The van der Waals surface area contributed by atoms with E-state index in [-0.39, 0.29) is 23.7 Å². The van der Waals surface area contributed by atoms with Gasteiger partial charge in [0.15, 0.2) is 0 Å². The number of nitro benzene ring substituents is 1. The Labute approximate surface area is 156 Å². The summed E-state index contributed by atoms with van der Waals surface area (Å²) in [7, 11) is 0. The summed E-state index contributed by atoms with van der Waals surface area (Å²) in [6.45, 7) is 1.54. The van der Waals surface area contributed by atoms with Crippen LogP contribution in [0.5, 0.6) is 0 Å². The predicted molar refractivity (Wildman–Crippen MR) is 102 cm³/mol. The molecule has 0 radical (unpaired) electrons. The lowest BCUT2D eigenvalue weighted by molar-refractivity contribution is -0.384. The van der Waals surface area contributed by atoms with Gasteiger partial charge in [0, 0.05) is 42.9 Å². The smallest absolute Gasteiger partial charge is 0.271 e. The Kier molecular flexibility index (Phi) is 5.80. The molecular formula is C18H22N6O3. The first-order valence-corrected chi connectivity index (χ1v) is 8.87. The molecule has 0 spiro atoms. The van der Waals surface area contributed by atoms with Crippen LogP contribution in [0.3, 0.4) is 0 Å². The van der Waals surface area contributed by atoms with Gasteiger partial charge in [-0.3, -0.25) is 14.9 Å². The number of anilines is 3. The average Bonchev–Trinajstić information content (AvgIpc) is 2.63. The molecule has 1 heterocycles. The molecule has 0 saturated heterocycles. The standard InChI is InChI=1S/C18H22N6O3/c1-12(25)21-13-5-7-14(8-6-13)22-17-10-18(20-11-19-17)23-15-3-2-4-16(9-15)24(26)27/h2-4,9-11,13-14H,5-8H2,1H3,(H,21,25)(H2,19,20,22,23)/t13-,14-. The van der Waals surface area contributed by atoms with Crippen LogP contribution in [0.25, 0.3) is 0 Å². The number of carbonyl (C=O) groups excluding carboxylic acids is 1. The monoisotopic (exact) mass is 370 g/mol. The van der Waals surface area contributed by atoms with E-state index in [2.05, 4.69) is 25.9 Å². The highest BCUT2D eigenvalue weighted by Crippen LogP contribution is 2.24. The van der Waals surface area contributed by atoms with Gasteiger partial charge in [0.2, 0.25) is 5.91 Å². The van der Waals surface area contributed by atoms with Crippen molar-refractivity contribution in [1.29, 1.82) is 0 Å². The number of benzene rings is 1. The third kappa shape index (κ3) is 5.37. The Morgan fingerprint density at radius 3 is 2.52 bits per heavy atom. The molecule has 3 N–H and O–H groups in total. The first-order chi connectivity index (χ1) is 13.0. The van der Waals surface area contributed by atoms with Gasteiger partial charge < -0.3 is 16.0 Å². The van der Waals surface area contributed by atoms with Gasteiger partial charge in [-0.2, -0.15) is 0 Å². The molecule has 0 aliphatic heterocycles. The van der Waals surface area contributed by atoms with Crippen LogP contribution in [-0.2, 0) is 4.79 Å². The number of hydrogen-bond donors (Lipinski definition) is 3. The molecule has 1 fully saturated rings. The second kappa shape index (κ2) is 8.43.